The fourth-order valence-corrected chi connectivity index (χ4v) is 3.83. The van der Waals surface area contributed by atoms with E-state index in [0.717, 1.165) is 36.7 Å². The minimum atomic E-state index is -4.47. The second-order valence-electron chi connectivity index (χ2n) is 6.31. The molecule has 2 heterocycles. The Hall–Kier alpha value is -1.96. The van der Waals surface area contributed by atoms with Gasteiger partial charge in [0.15, 0.2) is 0 Å². The summed E-state index contributed by atoms with van der Waals surface area (Å²) in [6, 6.07) is 3.18. The number of halogens is 3. The van der Waals surface area contributed by atoms with Crippen LogP contribution in [0.25, 0.3) is 0 Å². The van der Waals surface area contributed by atoms with E-state index in [4.69, 9.17) is 0 Å². The summed E-state index contributed by atoms with van der Waals surface area (Å²) in [6.07, 6.45) is -1.19. The zero-order chi connectivity index (χ0) is 18.2. The molecule has 1 saturated heterocycles. The molecule has 4 nitrogen and oxygen atoms in total. The molecule has 2 aliphatic heterocycles. The number of alkyl halides is 3. The van der Waals surface area contributed by atoms with Crippen molar-refractivity contribution < 1.29 is 22.8 Å². The molecule has 8 heteroatoms. The van der Waals surface area contributed by atoms with Crippen LogP contribution in [0.3, 0.4) is 0 Å². The molecule has 0 aliphatic carbocycles. The van der Waals surface area contributed by atoms with Crippen LogP contribution < -0.4 is 5.32 Å². The van der Waals surface area contributed by atoms with Gasteiger partial charge in [0, 0.05) is 24.1 Å². The SMILES string of the molecule is CC1CCCN(C(=O)C=C2Sc3ccc(C(F)(F)F)cc3NC2=O)C1. The van der Waals surface area contributed by atoms with Crippen LogP contribution in [0.4, 0.5) is 18.9 Å². The van der Waals surface area contributed by atoms with E-state index in [1.165, 1.54) is 12.1 Å². The molecular formula is C17H17F3N2O2S. The Morgan fingerprint density at radius 3 is 2.84 bits per heavy atom. The Morgan fingerprint density at radius 1 is 1.40 bits per heavy atom. The average Bonchev–Trinajstić information content (AvgIpc) is 2.54. The Morgan fingerprint density at radius 2 is 2.16 bits per heavy atom. The molecule has 25 heavy (non-hydrogen) atoms. The third-order valence-corrected chi connectivity index (χ3v) is 5.32. The minimum absolute atomic E-state index is 0.112. The molecule has 0 bridgehead atoms. The highest BCUT2D eigenvalue weighted by atomic mass is 32.2. The van der Waals surface area contributed by atoms with Gasteiger partial charge in [0.1, 0.15) is 0 Å². The summed E-state index contributed by atoms with van der Waals surface area (Å²) in [6.45, 7) is 3.38. The molecule has 0 radical (unpaired) electrons. The predicted molar refractivity (Wildman–Crippen MR) is 89.0 cm³/mol. The van der Waals surface area contributed by atoms with Gasteiger partial charge in [0.05, 0.1) is 16.2 Å². The zero-order valence-electron chi connectivity index (χ0n) is 13.5. The molecule has 3 rings (SSSR count). The first-order valence-corrected chi connectivity index (χ1v) is 8.77. The number of nitrogens with one attached hydrogen (secondary N) is 1. The fourth-order valence-electron chi connectivity index (χ4n) is 2.93. The third-order valence-electron chi connectivity index (χ3n) is 4.22. The van der Waals surface area contributed by atoms with Crippen molar-refractivity contribution >= 4 is 29.3 Å². The normalized spacial score (nSPS) is 22.6. The summed E-state index contributed by atoms with van der Waals surface area (Å²) in [5.41, 5.74) is -0.709. The Balaban J connectivity index is 1.79. The van der Waals surface area contributed by atoms with Gasteiger partial charge in [0.25, 0.3) is 5.91 Å². The van der Waals surface area contributed by atoms with Crippen molar-refractivity contribution in [2.24, 2.45) is 5.92 Å². The second kappa shape index (κ2) is 6.74. The van der Waals surface area contributed by atoms with Gasteiger partial charge < -0.3 is 10.2 Å². The highest BCUT2D eigenvalue weighted by Crippen LogP contribution is 2.41. The Labute approximate surface area is 147 Å². The summed E-state index contributed by atoms with van der Waals surface area (Å²) in [5, 5.41) is 2.44. The number of hydrogen-bond donors (Lipinski definition) is 1. The van der Waals surface area contributed by atoms with Crippen molar-refractivity contribution in [3.63, 3.8) is 0 Å². The standard InChI is InChI=1S/C17H17F3N2O2S/c1-10-3-2-6-22(9-10)15(23)8-14-16(24)21-12-7-11(17(18,19)20)4-5-13(12)25-14/h4-5,7-8,10H,2-3,6,9H2,1H3,(H,21,24). The number of carbonyl (C=O) groups is 2. The summed E-state index contributed by atoms with van der Waals surface area (Å²) in [5.74, 6) is -0.375. The monoisotopic (exact) mass is 370 g/mol. The van der Waals surface area contributed by atoms with Gasteiger partial charge in [0.2, 0.25) is 5.91 Å². The van der Waals surface area contributed by atoms with Crippen LogP contribution >= 0.6 is 11.8 Å². The lowest BCUT2D eigenvalue weighted by Crippen LogP contribution is -2.38. The van der Waals surface area contributed by atoms with Crippen LogP contribution in [0.15, 0.2) is 34.1 Å². The number of piperidine rings is 1. The number of hydrogen-bond acceptors (Lipinski definition) is 3. The first-order chi connectivity index (χ1) is 11.7. The number of carbonyl (C=O) groups excluding carboxylic acids is 2. The van der Waals surface area contributed by atoms with Gasteiger partial charge in [-0.3, -0.25) is 9.59 Å². The largest absolute Gasteiger partial charge is 0.416 e. The van der Waals surface area contributed by atoms with Crippen molar-refractivity contribution in [1.82, 2.24) is 4.90 Å². The van der Waals surface area contributed by atoms with Gasteiger partial charge in [-0.25, -0.2) is 0 Å². The van der Waals surface area contributed by atoms with Crippen LogP contribution in [0.2, 0.25) is 0 Å². The quantitative estimate of drug-likeness (QED) is 0.763. The van der Waals surface area contributed by atoms with Crippen LogP contribution in [-0.4, -0.2) is 29.8 Å². The molecule has 0 spiro atoms. The van der Waals surface area contributed by atoms with Gasteiger partial charge >= 0.3 is 6.18 Å². The molecule has 2 aliphatic rings. The third kappa shape index (κ3) is 4.00. The van der Waals surface area contributed by atoms with E-state index in [9.17, 15) is 22.8 Å². The van der Waals surface area contributed by atoms with Gasteiger partial charge in [-0.2, -0.15) is 13.2 Å². The molecule has 2 amide bonds. The number of amides is 2. The second-order valence-corrected chi connectivity index (χ2v) is 7.39. The van der Waals surface area contributed by atoms with E-state index >= 15 is 0 Å². The van der Waals surface area contributed by atoms with Crippen molar-refractivity contribution in [3.8, 4) is 0 Å². The van der Waals surface area contributed by atoms with Crippen LogP contribution in [0.1, 0.15) is 25.3 Å². The van der Waals surface area contributed by atoms with E-state index in [1.54, 1.807) is 4.90 Å². The van der Waals surface area contributed by atoms with Gasteiger partial charge in [-0.1, -0.05) is 18.7 Å². The van der Waals surface area contributed by atoms with E-state index in [2.05, 4.69) is 12.2 Å². The van der Waals surface area contributed by atoms with Crippen molar-refractivity contribution in [2.45, 2.75) is 30.8 Å². The Kier molecular flexibility index (Phi) is 4.81. The molecule has 1 fully saturated rings. The van der Waals surface area contributed by atoms with Crippen LogP contribution in [0, 0.1) is 5.92 Å². The molecule has 1 atom stereocenters. The van der Waals surface area contributed by atoms with Crippen molar-refractivity contribution in [3.05, 3.63) is 34.7 Å². The summed E-state index contributed by atoms with van der Waals surface area (Å²) in [7, 11) is 0. The lowest BCUT2D eigenvalue weighted by Gasteiger charge is -2.30. The molecular weight excluding hydrogens is 353 g/mol. The average molecular weight is 370 g/mol. The number of benzene rings is 1. The molecule has 0 aromatic heterocycles. The smallest absolute Gasteiger partial charge is 0.339 e. The maximum Gasteiger partial charge on any atom is 0.416 e. The summed E-state index contributed by atoms with van der Waals surface area (Å²) < 4.78 is 38.3. The van der Waals surface area contributed by atoms with E-state index in [1.807, 2.05) is 0 Å². The van der Waals surface area contributed by atoms with Gasteiger partial charge in [-0.15, -0.1) is 0 Å². The van der Waals surface area contributed by atoms with Gasteiger partial charge in [-0.05, 0) is 37.0 Å². The fraction of sp³-hybridized carbons (Fsp3) is 0.412. The van der Waals surface area contributed by atoms with Crippen LogP contribution in [0.5, 0.6) is 0 Å². The molecule has 1 aromatic carbocycles. The zero-order valence-corrected chi connectivity index (χ0v) is 14.3. The van der Waals surface area contributed by atoms with Crippen LogP contribution in [-0.2, 0) is 15.8 Å². The molecule has 1 unspecified atom stereocenters. The maximum atomic E-state index is 12.8. The number of rotatable bonds is 1. The number of thioether (sulfide) groups is 1. The van der Waals surface area contributed by atoms with E-state index in [0.29, 0.717) is 23.9 Å². The van der Waals surface area contributed by atoms with E-state index in [-0.39, 0.29) is 16.5 Å². The first-order valence-electron chi connectivity index (χ1n) is 7.95. The molecule has 134 valence electrons. The molecule has 1 aromatic rings. The highest BCUT2D eigenvalue weighted by Gasteiger charge is 2.33. The number of nitrogens with zero attached hydrogens (tertiary/aromatic N) is 1. The number of anilines is 1. The molecule has 0 saturated carbocycles. The predicted octanol–water partition coefficient (Wildman–Crippen LogP) is 3.89. The topological polar surface area (TPSA) is 49.4 Å². The highest BCUT2D eigenvalue weighted by molar-refractivity contribution is 8.04. The summed E-state index contributed by atoms with van der Waals surface area (Å²) in [4.78, 5) is 26.9. The number of likely N-dealkylation sites (tertiary alicyclic amines) is 1. The first kappa shape index (κ1) is 17.8. The number of fused-ring (bicyclic) bond motifs is 1. The minimum Gasteiger partial charge on any atom is -0.339 e. The van der Waals surface area contributed by atoms with E-state index < -0.39 is 17.6 Å². The van der Waals surface area contributed by atoms with Crippen molar-refractivity contribution in [1.29, 1.82) is 0 Å². The maximum absolute atomic E-state index is 12.8. The Bertz CT molecular complexity index is 746. The summed E-state index contributed by atoms with van der Waals surface area (Å²) >= 11 is 1.01. The lowest BCUT2D eigenvalue weighted by molar-refractivity contribution is -0.137. The molecule has 1 N–H and O–H groups in total. The van der Waals surface area contributed by atoms with Crippen molar-refractivity contribution in [2.75, 3.05) is 18.4 Å². The lowest BCUT2D eigenvalue weighted by atomic mass is 10.0.